The van der Waals surface area contributed by atoms with Gasteiger partial charge in [0.15, 0.2) is 11.6 Å². The van der Waals surface area contributed by atoms with Gasteiger partial charge in [-0.2, -0.15) is 0 Å². The number of pyridine rings is 1. The van der Waals surface area contributed by atoms with Crippen LogP contribution in [0.1, 0.15) is 6.92 Å². The van der Waals surface area contributed by atoms with Crippen LogP contribution in [0.3, 0.4) is 0 Å². The van der Waals surface area contributed by atoms with Crippen LogP contribution >= 0.6 is 11.6 Å². The van der Waals surface area contributed by atoms with Gasteiger partial charge in [-0.25, -0.2) is 9.78 Å². The van der Waals surface area contributed by atoms with E-state index in [0.717, 1.165) is 0 Å². The number of amides is 2. The summed E-state index contributed by atoms with van der Waals surface area (Å²) >= 11 is 5.78. The zero-order valence-corrected chi connectivity index (χ0v) is 11.6. The number of rotatable bonds is 4. The summed E-state index contributed by atoms with van der Waals surface area (Å²) in [5.74, 6) is 0.905. The second kappa shape index (κ2) is 6.77. The minimum absolute atomic E-state index is 0.376. The van der Waals surface area contributed by atoms with Crippen molar-refractivity contribution in [2.24, 2.45) is 0 Å². The summed E-state index contributed by atoms with van der Waals surface area (Å²) in [6.07, 6.45) is 1.58. The van der Waals surface area contributed by atoms with Gasteiger partial charge in [-0.3, -0.25) is 5.32 Å². The normalized spacial score (nSPS) is 9.90. The highest BCUT2D eigenvalue weighted by Crippen LogP contribution is 2.21. The maximum Gasteiger partial charge on any atom is 0.324 e. The lowest BCUT2D eigenvalue weighted by Crippen LogP contribution is -2.20. The predicted octanol–water partition coefficient (Wildman–Crippen LogP) is 3.78. The van der Waals surface area contributed by atoms with E-state index in [-0.39, 0.29) is 0 Å². The number of anilines is 2. The second-order valence-corrected chi connectivity index (χ2v) is 4.31. The number of hydrogen-bond acceptors (Lipinski definition) is 3. The van der Waals surface area contributed by atoms with Crippen LogP contribution in [-0.4, -0.2) is 17.6 Å². The van der Waals surface area contributed by atoms with E-state index in [0.29, 0.717) is 28.9 Å². The van der Waals surface area contributed by atoms with Gasteiger partial charge in [-0.1, -0.05) is 11.6 Å². The fraction of sp³-hybridized carbons (Fsp3) is 0.143. The first-order chi connectivity index (χ1) is 9.69. The van der Waals surface area contributed by atoms with Gasteiger partial charge in [0.05, 0.1) is 6.61 Å². The van der Waals surface area contributed by atoms with Crippen LogP contribution in [-0.2, 0) is 0 Å². The molecule has 0 saturated carbocycles. The Morgan fingerprint density at radius 1 is 1.25 bits per heavy atom. The molecular formula is C14H14ClN3O2. The highest BCUT2D eigenvalue weighted by atomic mass is 35.5. The largest absolute Gasteiger partial charge is 0.490 e. The SMILES string of the molecule is CCOc1cccnc1NC(=O)Nc1ccc(Cl)cc1. The first kappa shape index (κ1) is 14.1. The number of ether oxygens (including phenoxy) is 1. The number of carbonyl (C=O) groups excluding carboxylic acids is 1. The van der Waals surface area contributed by atoms with E-state index in [9.17, 15) is 4.79 Å². The van der Waals surface area contributed by atoms with Crippen LogP contribution < -0.4 is 15.4 Å². The lowest BCUT2D eigenvalue weighted by Gasteiger charge is -2.11. The minimum Gasteiger partial charge on any atom is -0.490 e. The Labute approximate surface area is 121 Å². The molecule has 0 spiro atoms. The third kappa shape index (κ3) is 3.86. The zero-order chi connectivity index (χ0) is 14.4. The van der Waals surface area contributed by atoms with Crippen molar-refractivity contribution in [1.29, 1.82) is 0 Å². The van der Waals surface area contributed by atoms with Gasteiger partial charge in [-0.05, 0) is 43.3 Å². The molecule has 1 aromatic heterocycles. The molecule has 6 heteroatoms. The summed E-state index contributed by atoms with van der Waals surface area (Å²) in [4.78, 5) is 15.9. The molecule has 0 saturated heterocycles. The number of aromatic nitrogens is 1. The van der Waals surface area contributed by atoms with E-state index < -0.39 is 6.03 Å². The van der Waals surface area contributed by atoms with Crippen molar-refractivity contribution in [1.82, 2.24) is 4.98 Å². The Kier molecular flexibility index (Phi) is 4.79. The van der Waals surface area contributed by atoms with Crippen LogP contribution in [0.2, 0.25) is 5.02 Å². The van der Waals surface area contributed by atoms with Crippen molar-refractivity contribution in [2.75, 3.05) is 17.2 Å². The molecule has 0 aliphatic heterocycles. The molecule has 5 nitrogen and oxygen atoms in total. The number of halogens is 1. The smallest absolute Gasteiger partial charge is 0.324 e. The third-order valence-electron chi connectivity index (χ3n) is 2.40. The van der Waals surface area contributed by atoms with Crippen LogP contribution in [0.5, 0.6) is 5.75 Å². The number of benzene rings is 1. The lowest BCUT2D eigenvalue weighted by molar-refractivity contribution is 0.261. The first-order valence-corrected chi connectivity index (χ1v) is 6.48. The van der Waals surface area contributed by atoms with E-state index in [4.69, 9.17) is 16.3 Å². The lowest BCUT2D eigenvalue weighted by atomic mass is 10.3. The molecule has 0 atom stereocenters. The zero-order valence-electron chi connectivity index (χ0n) is 10.9. The number of nitrogens with zero attached hydrogens (tertiary/aromatic N) is 1. The van der Waals surface area contributed by atoms with Crippen LogP contribution in [0, 0.1) is 0 Å². The molecule has 2 rings (SSSR count). The molecule has 1 heterocycles. The molecular weight excluding hydrogens is 278 g/mol. The van der Waals surface area contributed by atoms with E-state index >= 15 is 0 Å². The van der Waals surface area contributed by atoms with Crippen molar-refractivity contribution in [3.8, 4) is 5.75 Å². The fourth-order valence-corrected chi connectivity index (χ4v) is 1.69. The summed E-state index contributed by atoms with van der Waals surface area (Å²) in [6.45, 7) is 2.36. The van der Waals surface area contributed by atoms with Gasteiger partial charge in [0.2, 0.25) is 0 Å². The van der Waals surface area contributed by atoms with E-state index in [1.54, 1.807) is 42.6 Å². The Balaban J connectivity index is 2.02. The topological polar surface area (TPSA) is 63.2 Å². The van der Waals surface area contributed by atoms with Gasteiger partial charge < -0.3 is 10.1 Å². The Morgan fingerprint density at radius 2 is 2.00 bits per heavy atom. The summed E-state index contributed by atoms with van der Waals surface area (Å²) in [5.41, 5.74) is 0.640. The maximum atomic E-state index is 11.9. The number of hydrogen-bond donors (Lipinski definition) is 2. The summed E-state index contributed by atoms with van der Waals surface area (Å²) in [7, 11) is 0. The van der Waals surface area contributed by atoms with Gasteiger partial charge in [-0.15, -0.1) is 0 Å². The number of carbonyl (C=O) groups is 1. The van der Waals surface area contributed by atoms with Crippen LogP contribution in [0.4, 0.5) is 16.3 Å². The standard InChI is InChI=1S/C14H14ClN3O2/c1-2-20-12-4-3-9-16-13(12)18-14(19)17-11-7-5-10(15)6-8-11/h3-9H,2H2,1H3,(H2,16,17,18,19). The first-order valence-electron chi connectivity index (χ1n) is 6.10. The van der Waals surface area contributed by atoms with E-state index in [1.807, 2.05) is 6.92 Å². The van der Waals surface area contributed by atoms with Crippen molar-refractivity contribution in [2.45, 2.75) is 6.92 Å². The summed E-state index contributed by atoms with van der Waals surface area (Å²) < 4.78 is 5.38. The van der Waals surface area contributed by atoms with Crippen molar-refractivity contribution in [3.63, 3.8) is 0 Å². The Morgan fingerprint density at radius 3 is 2.70 bits per heavy atom. The molecule has 2 aromatic rings. The average Bonchev–Trinajstić information content (AvgIpc) is 2.44. The molecule has 1 aromatic carbocycles. The summed E-state index contributed by atoms with van der Waals surface area (Å²) in [5, 5.41) is 5.93. The van der Waals surface area contributed by atoms with Gasteiger partial charge in [0, 0.05) is 16.9 Å². The van der Waals surface area contributed by atoms with Gasteiger partial charge in [0.25, 0.3) is 0 Å². The van der Waals surface area contributed by atoms with Crippen molar-refractivity contribution in [3.05, 3.63) is 47.6 Å². The molecule has 0 fully saturated rings. The molecule has 0 unspecified atom stereocenters. The monoisotopic (exact) mass is 291 g/mol. The highest BCUT2D eigenvalue weighted by Gasteiger charge is 2.08. The van der Waals surface area contributed by atoms with Crippen molar-refractivity contribution < 1.29 is 9.53 Å². The highest BCUT2D eigenvalue weighted by molar-refractivity contribution is 6.30. The molecule has 104 valence electrons. The average molecular weight is 292 g/mol. The Bertz CT molecular complexity index is 587. The molecule has 0 radical (unpaired) electrons. The van der Waals surface area contributed by atoms with Crippen LogP contribution in [0.15, 0.2) is 42.6 Å². The molecule has 2 N–H and O–H groups in total. The van der Waals surface area contributed by atoms with E-state index in [2.05, 4.69) is 15.6 Å². The summed E-state index contributed by atoms with van der Waals surface area (Å²) in [6, 6.07) is 9.91. The van der Waals surface area contributed by atoms with E-state index in [1.165, 1.54) is 0 Å². The van der Waals surface area contributed by atoms with Crippen molar-refractivity contribution >= 4 is 29.1 Å². The van der Waals surface area contributed by atoms with Crippen LogP contribution in [0.25, 0.3) is 0 Å². The van der Waals surface area contributed by atoms with Gasteiger partial charge in [0.1, 0.15) is 0 Å². The third-order valence-corrected chi connectivity index (χ3v) is 2.66. The molecule has 0 aliphatic carbocycles. The Hall–Kier alpha value is -2.27. The maximum absolute atomic E-state index is 11.9. The fourth-order valence-electron chi connectivity index (χ4n) is 1.56. The minimum atomic E-state index is -0.396. The second-order valence-electron chi connectivity index (χ2n) is 3.87. The van der Waals surface area contributed by atoms with Gasteiger partial charge >= 0.3 is 6.03 Å². The number of urea groups is 1. The number of nitrogens with one attached hydrogen (secondary N) is 2. The molecule has 0 aliphatic rings. The molecule has 20 heavy (non-hydrogen) atoms. The molecule has 2 amide bonds. The quantitative estimate of drug-likeness (QED) is 0.901. The predicted molar refractivity (Wildman–Crippen MR) is 79.5 cm³/mol. The molecule has 0 bridgehead atoms.